The lowest BCUT2D eigenvalue weighted by Gasteiger charge is -2.39. The van der Waals surface area contributed by atoms with Crippen LogP contribution in [-0.2, 0) is 24.6 Å². The number of hydrogen-bond donors (Lipinski definition) is 2. The highest BCUT2D eigenvalue weighted by atomic mass is 35.5. The third-order valence-electron chi connectivity index (χ3n) is 4.37. The molecule has 122 valence electrons. The molecule has 0 aliphatic rings. The second-order valence-corrected chi connectivity index (χ2v) is 5.69. The van der Waals surface area contributed by atoms with Gasteiger partial charge in [-0.25, -0.2) is 0 Å². The molecule has 1 rings (SSSR count). The predicted octanol–water partition coefficient (Wildman–Crippen LogP) is 2.61. The Morgan fingerprint density at radius 1 is 1.33 bits per heavy atom. The Balaban J connectivity index is 3.08. The number of nitrogens with one attached hydrogen (secondary N) is 1. The van der Waals surface area contributed by atoms with Gasteiger partial charge in [0, 0.05) is 20.1 Å². The SMILES string of the molecule is CCOC(CC)(CC)C(Cc1c(Cl)c(CC)nn1C)NN. The van der Waals surface area contributed by atoms with E-state index in [1.165, 1.54) is 0 Å². The fourth-order valence-electron chi connectivity index (χ4n) is 2.97. The summed E-state index contributed by atoms with van der Waals surface area (Å²) in [6, 6.07) is -0.00921. The molecule has 0 saturated heterocycles. The molecule has 0 radical (unpaired) electrons. The van der Waals surface area contributed by atoms with Crippen molar-refractivity contribution in [3.63, 3.8) is 0 Å². The third-order valence-corrected chi connectivity index (χ3v) is 4.80. The van der Waals surface area contributed by atoms with Crippen molar-refractivity contribution >= 4 is 11.6 Å². The van der Waals surface area contributed by atoms with Crippen LogP contribution in [0.25, 0.3) is 0 Å². The Hall–Kier alpha value is -0.620. The molecule has 1 aromatic rings. The first-order valence-corrected chi connectivity index (χ1v) is 8.17. The molecule has 3 N–H and O–H groups in total. The molecule has 0 fully saturated rings. The zero-order valence-electron chi connectivity index (χ0n) is 13.9. The van der Waals surface area contributed by atoms with E-state index < -0.39 is 0 Å². The minimum absolute atomic E-state index is 0.00921. The molecule has 1 heterocycles. The quantitative estimate of drug-likeness (QED) is 0.543. The van der Waals surface area contributed by atoms with Crippen molar-refractivity contribution in [1.29, 1.82) is 0 Å². The van der Waals surface area contributed by atoms with Crippen LogP contribution in [-0.4, -0.2) is 28.0 Å². The summed E-state index contributed by atoms with van der Waals surface area (Å²) in [5.74, 6) is 5.82. The first-order valence-electron chi connectivity index (χ1n) is 7.79. The maximum absolute atomic E-state index is 6.45. The lowest BCUT2D eigenvalue weighted by atomic mass is 9.85. The van der Waals surface area contributed by atoms with Gasteiger partial charge in [0.25, 0.3) is 0 Å². The molecule has 5 nitrogen and oxygen atoms in total. The fourth-order valence-corrected chi connectivity index (χ4v) is 3.34. The molecule has 0 spiro atoms. The van der Waals surface area contributed by atoms with E-state index in [9.17, 15) is 0 Å². The van der Waals surface area contributed by atoms with Gasteiger partial charge < -0.3 is 4.74 Å². The zero-order chi connectivity index (χ0) is 16.0. The van der Waals surface area contributed by atoms with Crippen molar-refractivity contribution < 1.29 is 4.74 Å². The van der Waals surface area contributed by atoms with Gasteiger partial charge in [-0.1, -0.05) is 32.4 Å². The van der Waals surface area contributed by atoms with Gasteiger partial charge in [0.2, 0.25) is 0 Å². The number of nitrogens with zero attached hydrogens (tertiary/aromatic N) is 2. The van der Waals surface area contributed by atoms with E-state index >= 15 is 0 Å². The molecule has 1 atom stereocenters. The van der Waals surface area contributed by atoms with E-state index in [0.29, 0.717) is 13.0 Å². The van der Waals surface area contributed by atoms with Crippen molar-refractivity contribution in [2.45, 2.75) is 65.0 Å². The first-order chi connectivity index (χ1) is 9.99. The van der Waals surface area contributed by atoms with Gasteiger partial charge in [0.05, 0.1) is 28.1 Å². The Labute approximate surface area is 133 Å². The molecular weight excluding hydrogens is 288 g/mol. The normalized spacial score (nSPS) is 13.7. The van der Waals surface area contributed by atoms with Gasteiger partial charge in [-0.05, 0) is 26.2 Å². The average molecular weight is 317 g/mol. The number of hydrazine groups is 1. The summed E-state index contributed by atoms with van der Waals surface area (Å²) >= 11 is 6.45. The van der Waals surface area contributed by atoms with Gasteiger partial charge >= 0.3 is 0 Å². The topological polar surface area (TPSA) is 65.1 Å². The van der Waals surface area contributed by atoms with E-state index in [4.69, 9.17) is 22.2 Å². The number of aromatic nitrogens is 2. The van der Waals surface area contributed by atoms with Crippen LogP contribution in [0.2, 0.25) is 5.02 Å². The molecule has 0 aliphatic carbocycles. The Kier molecular flexibility index (Phi) is 7.13. The fraction of sp³-hybridized carbons (Fsp3) is 0.800. The summed E-state index contributed by atoms with van der Waals surface area (Å²) in [4.78, 5) is 0. The second kappa shape index (κ2) is 8.13. The molecule has 0 saturated carbocycles. The van der Waals surface area contributed by atoms with E-state index in [0.717, 1.165) is 35.7 Å². The summed E-state index contributed by atoms with van der Waals surface area (Å²) in [6.45, 7) is 9.00. The standard InChI is InChI=1S/C15H29ClN4O/c1-6-11-14(16)12(20(5)19-11)10-13(18-17)15(7-2,8-3)21-9-4/h13,18H,6-10,17H2,1-5H3. The van der Waals surface area contributed by atoms with Crippen molar-refractivity contribution in [2.75, 3.05) is 6.61 Å². The number of nitrogens with two attached hydrogens (primary N) is 1. The molecular formula is C15H29ClN4O. The number of rotatable bonds is 9. The van der Waals surface area contributed by atoms with Crippen LogP contribution in [0.3, 0.4) is 0 Å². The average Bonchev–Trinajstić information content (AvgIpc) is 2.77. The van der Waals surface area contributed by atoms with E-state index in [1.807, 2.05) is 18.7 Å². The Morgan fingerprint density at radius 2 is 1.95 bits per heavy atom. The summed E-state index contributed by atoms with van der Waals surface area (Å²) < 4.78 is 7.91. The third kappa shape index (κ3) is 3.77. The Bertz CT molecular complexity index is 443. The van der Waals surface area contributed by atoms with Gasteiger partial charge in [0.15, 0.2) is 0 Å². The van der Waals surface area contributed by atoms with E-state index in [2.05, 4.69) is 31.3 Å². The summed E-state index contributed by atoms with van der Waals surface area (Å²) in [6.07, 6.45) is 3.30. The molecule has 1 unspecified atom stereocenters. The molecule has 1 aromatic heterocycles. The van der Waals surface area contributed by atoms with Crippen LogP contribution in [0.15, 0.2) is 0 Å². The van der Waals surface area contributed by atoms with Crippen LogP contribution >= 0.6 is 11.6 Å². The maximum Gasteiger partial charge on any atom is 0.0850 e. The molecule has 0 aliphatic heterocycles. The van der Waals surface area contributed by atoms with Crippen molar-refractivity contribution in [1.82, 2.24) is 15.2 Å². The van der Waals surface area contributed by atoms with Crippen LogP contribution < -0.4 is 11.3 Å². The van der Waals surface area contributed by atoms with Crippen LogP contribution in [0, 0.1) is 0 Å². The first kappa shape index (κ1) is 18.4. The monoisotopic (exact) mass is 316 g/mol. The smallest absolute Gasteiger partial charge is 0.0850 e. The maximum atomic E-state index is 6.45. The van der Waals surface area contributed by atoms with Crippen molar-refractivity contribution in [3.05, 3.63) is 16.4 Å². The minimum atomic E-state index is -0.288. The lowest BCUT2D eigenvalue weighted by Crippen LogP contribution is -2.55. The summed E-state index contributed by atoms with van der Waals surface area (Å²) in [7, 11) is 1.92. The highest BCUT2D eigenvalue weighted by Crippen LogP contribution is 2.30. The highest BCUT2D eigenvalue weighted by Gasteiger charge is 2.37. The number of ether oxygens (including phenoxy) is 1. The number of hydrogen-bond acceptors (Lipinski definition) is 4. The van der Waals surface area contributed by atoms with Crippen molar-refractivity contribution in [2.24, 2.45) is 12.9 Å². The molecule has 0 aromatic carbocycles. The summed E-state index contributed by atoms with van der Waals surface area (Å²) in [5, 5.41) is 5.22. The molecule has 0 bridgehead atoms. The van der Waals surface area contributed by atoms with Gasteiger partial charge in [-0.3, -0.25) is 16.0 Å². The second-order valence-electron chi connectivity index (χ2n) is 5.31. The lowest BCUT2D eigenvalue weighted by molar-refractivity contribution is -0.0722. The molecule has 0 amide bonds. The minimum Gasteiger partial charge on any atom is -0.374 e. The van der Waals surface area contributed by atoms with Gasteiger partial charge in [-0.2, -0.15) is 5.10 Å². The van der Waals surface area contributed by atoms with Crippen molar-refractivity contribution in [3.8, 4) is 0 Å². The van der Waals surface area contributed by atoms with Gasteiger partial charge in [-0.15, -0.1) is 0 Å². The van der Waals surface area contributed by atoms with Crippen LogP contribution in [0.1, 0.15) is 51.9 Å². The largest absolute Gasteiger partial charge is 0.374 e. The van der Waals surface area contributed by atoms with Gasteiger partial charge in [0.1, 0.15) is 0 Å². The predicted molar refractivity (Wildman–Crippen MR) is 87.4 cm³/mol. The van der Waals surface area contributed by atoms with Crippen LogP contribution in [0.4, 0.5) is 0 Å². The van der Waals surface area contributed by atoms with E-state index in [1.54, 1.807) is 0 Å². The van der Waals surface area contributed by atoms with E-state index in [-0.39, 0.29) is 11.6 Å². The summed E-state index contributed by atoms with van der Waals surface area (Å²) in [5.41, 5.74) is 4.58. The molecule has 21 heavy (non-hydrogen) atoms. The highest BCUT2D eigenvalue weighted by molar-refractivity contribution is 6.31. The van der Waals surface area contributed by atoms with Crippen LogP contribution in [0.5, 0.6) is 0 Å². The molecule has 6 heteroatoms. The zero-order valence-corrected chi connectivity index (χ0v) is 14.6. The number of halogens is 1. The number of aryl methyl sites for hydroxylation is 2. The Morgan fingerprint density at radius 3 is 2.33 bits per heavy atom.